The fraction of sp³-hybridized carbons (Fsp3) is 1.00. The van der Waals surface area contributed by atoms with Gasteiger partial charge in [-0.1, -0.05) is 142 Å². The monoisotopic (exact) mass is 470 g/mol. The summed E-state index contributed by atoms with van der Waals surface area (Å²) in [4.78, 5) is 0. The lowest BCUT2D eigenvalue weighted by Crippen LogP contribution is -2.55. The van der Waals surface area contributed by atoms with Crippen LogP contribution in [0.15, 0.2) is 0 Å². The summed E-state index contributed by atoms with van der Waals surface area (Å²) in [5, 5.41) is 29.8. The van der Waals surface area contributed by atoms with E-state index >= 15 is 0 Å². The average molecular weight is 471 g/mol. The van der Waals surface area contributed by atoms with E-state index in [4.69, 9.17) is 4.74 Å². The lowest BCUT2D eigenvalue weighted by atomic mass is 9.85. The van der Waals surface area contributed by atoms with Crippen molar-refractivity contribution in [1.29, 1.82) is 0 Å². The Labute approximate surface area is 205 Å². The summed E-state index contributed by atoms with van der Waals surface area (Å²) in [5.41, 5.74) is 0. The first kappa shape index (κ1) is 30.9. The maximum absolute atomic E-state index is 10.2. The van der Waals surface area contributed by atoms with Crippen LogP contribution in [-0.2, 0) is 4.74 Å². The highest BCUT2D eigenvalue weighted by atomic mass is 16.5. The van der Waals surface area contributed by atoms with E-state index in [1.807, 2.05) is 0 Å². The highest BCUT2D eigenvalue weighted by Crippen LogP contribution is 2.28. The van der Waals surface area contributed by atoms with Gasteiger partial charge in [0.25, 0.3) is 0 Å². The standard InChI is InChI=1S/C29H58O4/c1-3-5-6-7-8-9-10-11-12-13-14-15-16-17-18-19-20-21-22-23-25(4-2)29-28(32)27(31)26(30)24-33-29/h25-32H,3-24H2,1-2H3/t25?,26-,27+,28-,29+/m1/s1. The SMILES string of the molecule is CCCCCCCCCCCCCCCCCCCCCC(CC)[C@@H]1OC[C@@H](O)[C@H](O)[C@H]1O. The van der Waals surface area contributed by atoms with Crippen molar-refractivity contribution in [2.75, 3.05) is 6.61 Å². The number of aliphatic hydroxyl groups excluding tert-OH is 3. The summed E-state index contributed by atoms with van der Waals surface area (Å²) in [6.07, 6.45) is 24.9. The minimum Gasteiger partial charge on any atom is -0.388 e. The molecule has 1 aliphatic rings. The third-order valence-corrected chi connectivity index (χ3v) is 7.71. The molecule has 0 bridgehead atoms. The van der Waals surface area contributed by atoms with Gasteiger partial charge in [-0.3, -0.25) is 0 Å². The Morgan fingerprint density at radius 3 is 1.36 bits per heavy atom. The third-order valence-electron chi connectivity index (χ3n) is 7.71. The van der Waals surface area contributed by atoms with Gasteiger partial charge in [0, 0.05) is 0 Å². The molecule has 4 nitrogen and oxygen atoms in total. The van der Waals surface area contributed by atoms with Crippen molar-refractivity contribution >= 4 is 0 Å². The van der Waals surface area contributed by atoms with Crippen LogP contribution in [0.5, 0.6) is 0 Å². The molecule has 1 aliphatic heterocycles. The molecule has 4 heteroatoms. The van der Waals surface area contributed by atoms with Crippen molar-refractivity contribution in [3.05, 3.63) is 0 Å². The second-order valence-electron chi connectivity index (χ2n) is 10.7. The molecule has 198 valence electrons. The van der Waals surface area contributed by atoms with Crippen LogP contribution in [0.4, 0.5) is 0 Å². The van der Waals surface area contributed by atoms with Crippen molar-refractivity contribution in [3.63, 3.8) is 0 Å². The summed E-state index contributed by atoms with van der Waals surface area (Å²) >= 11 is 0. The highest BCUT2D eigenvalue weighted by Gasteiger charge is 2.40. The van der Waals surface area contributed by atoms with Crippen LogP contribution in [0.25, 0.3) is 0 Å². The van der Waals surface area contributed by atoms with E-state index in [9.17, 15) is 15.3 Å². The largest absolute Gasteiger partial charge is 0.388 e. The fourth-order valence-corrected chi connectivity index (χ4v) is 5.33. The molecule has 33 heavy (non-hydrogen) atoms. The maximum atomic E-state index is 10.2. The van der Waals surface area contributed by atoms with E-state index in [2.05, 4.69) is 13.8 Å². The van der Waals surface area contributed by atoms with Gasteiger partial charge >= 0.3 is 0 Å². The smallest absolute Gasteiger partial charge is 0.111 e. The molecule has 0 amide bonds. The highest BCUT2D eigenvalue weighted by molar-refractivity contribution is 4.89. The average Bonchev–Trinajstić information content (AvgIpc) is 2.82. The molecule has 5 atom stereocenters. The first-order chi connectivity index (χ1) is 16.1. The van der Waals surface area contributed by atoms with E-state index < -0.39 is 18.3 Å². The van der Waals surface area contributed by atoms with Crippen molar-refractivity contribution in [2.45, 2.75) is 173 Å². The molecule has 1 rings (SSSR count). The molecular weight excluding hydrogens is 412 g/mol. The minimum absolute atomic E-state index is 0.124. The number of ether oxygens (including phenoxy) is 1. The van der Waals surface area contributed by atoms with E-state index in [0.29, 0.717) is 0 Å². The topological polar surface area (TPSA) is 69.9 Å². The molecule has 0 aromatic rings. The molecule has 0 aromatic heterocycles. The fourth-order valence-electron chi connectivity index (χ4n) is 5.33. The third kappa shape index (κ3) is 14.8. The molecule has 1 unspecified atom stereocenters. The van der Waals surface area contributed by atoms with Crippen molar-refractivity contribution < 1.29 is 20.1 Å². The number of hydrogen-bond donors (Lipinski definition) is 3. The molecule has 0 aliphatic carbocycles. The first-order valence-corrected chi connectivity index (χ1v) is 14.8. The number of hydrogen-bond acceptors (Lipinski definition) is 4. The zero-order chi connectivity index (χ0) is 24.2. The number of rotatable bonds is 22. The minimum atomic E-state index is -1.08. The van der Waals surface area contributed by atoms with Crippen LogP contribution in [-0.4, -0.2) is 46.3 Å². The molecular formula is C29H58O4. The summed E-state index contributed by atoms with van der Waals surface area (Å²) < 4.78 is 5.66. The van der Waals surface area contributed by atoms with E-state index in [1.54, 1.807) is 0 Å². The lowest BCUT2D eigenvalue weighted by molar-refractivity contribution is -0.201. The number of unbranched alkanes of at least 4 members (excludes halogenated alkanes) is 18. The van der Waals surface area contributed by atoms with Crippen LogP contribution >= 0.6 is 0 Å². The Balaban J connectivity index is 1.85. The van der Waals surface area contributed by atoms with E-state index in [1.165, 1.54) is 116 Å². The quantitative estimate of drug-likeness (QED) is 0.145. The predicted octanol–water partition coefficient (Wildman–Crippen LogP) is 7.32. The Bertz CT molecular complexity index is 416. The zero-order valence-electron chi connectivity index (χ0n) is 22.2. The van der Waals surface area contributed by atoms with E-state index in [-0.39, 0.29) is 18.6 Å². The predicted molar refractivity (Wildman–Crippen MR) is 140 cm³/mol. The molecule has 1 saturated heterocycles. The second kappa shape index (κ2) is 21.1. The molecule has 0 spiro atoms. The summed E-state index contributed by atoms with van der Waals surface area (Å²) in [6, 6.07) is 0. The molecule has 0 saturated carbocycles. The van der Waals surface area contributed by atoms with Crippen LogP contribution in [0, 0.1) is 5.92 Å². The van der Waals surface area contributed by atoms with Gasteiger partial charge in [-0.05, 0) is 12.3 Å². The molecule has 0 radical (unpaired) electrons. The van der Waals surface area contributed by atoms with Crippen LogP contribution in [0.1, 0.15) is 149 Å². The van der Waals surface area contributed by atoms with Crippen molar-refractivity contribution in [3.8, 4) is 0 Å². The normalized spacial score (nSPS) is 24.3. The second-order valence-corrected chi connectivity index (χ2v) is 10.7. The van der Waals surface area contributed by atoms with Gasteiger partial charge in [-0.25, -0.2) is 0 Å². The Kier molecular flexibility index (Phi) is 19.8. The lowest BCUT2D eigenvalue weighted by Gasteiger charge is -2.39. The summed E-state index contributed by atoms with van der Waals surface area (Å²) in [6.45, 7) is 4.53. The van der Waals surface area contributed by atoms with Gasteiger partial charge in [-0.2, -0.15) is 0 Å². The molecule has 3 N–H and O–H groups in total. The molecule has 0 aromatic carbocycles. The Morgan fingerprint density at radius 1 is 0.576 bits per heavy atom. The summed E-state index contributed by atoms with van der Waals surface area (Å²) in [5.74, 6) is 0.257. The van der Waals surface area contributed by atoms with Gasteiger partial charge < -0.3 is 20.1 Å². The Hall–Kier alpha value is -0.160. The number of aliphatic hydroxyl groups is 3. The van der Waals surface area contributed by atoms with Crippen LogP contribution in [0.2, 0.25) is 0 Å². The molecule has 1 fully saturated rings. The summed E-state index contributed by atoms with van der Waals surface area (Å²) in [7, 11) is 0. The van der Waals surface area contributed by atoms with E-state index in [0.717, 1.165) is 19.3 Å². The van der Waals surface area contributed by atoms with Gasteiger partial charge in [-0.15, -0.1) is 0 Å². The van der Waals surface area contributed by atoms with Crippen molar-refractivity contribution in [2.24, 2.45) is 5.92 Å². The maximum Gasteiger partial charge on any atom is 0.111 e. The molecule has 1 heterocycles. The Morgan fingerprint density at radius 2 is 0.970 bits per heavy atom. The zero-order valence-corrected chi connectivity index (χ0v) is 22.2. The first-order valence-electron chi connectivity index (χ1n) is 14.8. The van der Waals surface area contributed by atoms with Crippen LogP contribution in [0.3, 0.4) is 0 Å². The van der Waals surface area contributed by atoms with Crippen LogP contribution < -0.4 is 0 Å². The van der Waals surface area contributed by atoms with Gasteiger partial charge in [0.05, 0.1) is 12.7 Å². The van der Waals surface area contributed by atoms with Crippen molar-refractivity contribution in [1.82, 2.24) is 0 Å². The van der Waals surface area contributed by atoms with Gasteiger partial charge in [0.2, 0.25) is 0 Å². The van der Waals surface area contributed by atoms with Gasteiger partial charge in [0.15, 0.2) is 0 Å². The van der Waals surface area contributed by atoms with Gasteiger partial charge in [0.1, 0.15) is 18.3 Å².